The lowest BCUT2D eigenvalue weighted by Crippen LogP contribution is -2.32. The van der Waals surface area contributed by atoms with Crippen molar-refractivity contribution >= 4 is 11.8 Å². The predicted octanol–water partition coefficient (Wildman–Crippen LogP) is -0.718. The number of hydrogen-bond acceptors (Lipinski definition) is 5. The van der Waals surface area contributed by atoms with E-state index >= 15 is 0 Å². The Kier molecular flexibility index (Phi) is 8.12. The summed E-state index contributed by atoms with van der Waals surface area (Å²) in [6, 6.07) is 6.03. The van der Waals surface area contributed by atoms with Crippen LogP contribution in [0.15, 0.2) is 24.3 Å². The van der Waals surface area contributed by atoms with Gasteiger partial charge in [-0.1, -0.05) is 13.0 Å². The largest absolute Gasteiger partial charge is 0.396 e. The van der Waals surface area contributed by atoms with E-state index in [9.17, 15) is 9.59 Å². The van der Waals surface area contributed by atoms with E-state index in [4.69, 9.17) is 16.8 Å². The fraction of sp³-hybridized carbons (Fsp3) is 0.273. The first kappa shape index (κ1) is 16.0. The third-order valence-corrected chi connectivity index (χ3v) is 1.87. The van der Waals surface area contributed by atoms with E-state index in [1.54, 1.807) is 6.07 Å². The molecule has 0 aliphatic rings. The number of nitrogen functional groups attached to an aromatic ring is 2. The molecular weight excluding hydrogens is 236 g/mol. The topological polar surface area (TPSA) is 130 Å². The lowest BCUT2D eigenvalue weighted by Gasteiger charge is -2.02. The van der Waals surface area contributed by atoms with Gasteiger partial charge in [0.2, 0.25) is 0 Å². The van der Waals surface area contributed by atoms with Crippen LogP contribution in [-0.2, 0) is 0 Å². The van der Waals surface area contributed by atoms with Gasteiger partial charge in [0.15, 0.2) is 0 Å². The van der Waals surface area contributed by atoms with E-state index in [2.05, 4.69) is 0 Å². The van der Waals surface area contributed by atoms with Crippen LogP contribution in [-0.4, -0.2) is 23.5 Å². The average molecular weight is 254 g/mol. The fourth-order valence-electron chi connectivity index (χ4n) is 0.968. The van der Waals surface area contributed by atoms with Crippen LogP contribution in [0.1, 0.15) is 34.1 Å². The summed E-state index contributed by atoms with van der Waals surface area (Å²) in [5.74, 6) is 8.95. The Labute approximate surface area is 105 Å². The molecule has 0 saturated carbocycles. The van der Waals surface area contributed by atoms with Gasteiger partial charge >= 0.3 is 0 Å². The van der Waals surface area contributed by atoms with Gasteiger partial charge in [-0.3, -0.25) is 20.4 Å². The molecule has 0 unspecified atom stereocenters. The van der Waals surface area contributed by atoms with E-state index in [1.165, 1.54) is 18.2 Å². The Morgan fingerprint density at radius 1 is 1.17 bits per heavy atom. The number of aliphatic hydroxyl groups excluding tert-OH is 1. The number of aliphatic hydroxyl groups is 1. The van der Waals surface area contributed by atoms with Gasteiger partial charge in [-0.15, -0.1) is 0 Å². The van der Waals surface area contributed by atoms with Gasteiger partial charge < -0.3 is 5.11 Å². The van der Waals surface area contributed by atoms with E-state index < -0.39 is 11.8 Å². The molecule has 18 heavy (non-hydrogen) atoms. The van der Waals surface area contributed by atoms with Crippen molar-refractivity contribution in [1.82, 2.24) is 10.9 Å². The van der Waals surface area contributed by atoms with E-state index in [0.29, 0.717) is 17.7 Å². The van der Waals surface area contributed by atoms with Crippen molar-refractivity contribution in [3.8, 4) is 0 Å². The number of nitrogens with one attached hydrogen (secondary N) is 2. The normalized spacial score (nSPS) is 8.89. The zero-order valence-electron chi connectivity index (χ0n) is 10.1. The number of carbonyl (C=O) groups excluding carboxylic acids is 2. The van der Waals surface area contributed by atoms with Gasteiger partial charge in [0.1, 0.15) is 0 Å². The van der Waals surface area contributed by atoms with Gasteiger partial charge in [-0.2, -0.15) is 0 Å². The number of nitrogens with two attached hydrogens (primary N) is 2. The molecule has 0 aliphatic heterocycles. The molecule has 1 rings (SSSR count). The molecule has 7 heteroatoms. The lowest BCUT2D eigenvalue weighted by molar-refractivity contribution is 0.0953. The highest BCUT2D eigenvalue weighted by Gasteiger charge is 2.07. The minimum atomic E-state index is -0.461. The molecule has 0 bridgehead atoms. The molecule has 0 fully saturated rings. The van der Waals surface area contributed by atoms with Gasteiger partial charge in [0.05, 0.1) is 0 Å². The molecule has 0 spiro atoms. The van der Waals surface area contributed by atoms with Crippen molar-refractivity contribution in [1.29, 1.82) is 0 Å². The molecule has 100 valence electrons. The van der Waals surface area contributed by atoms with Gasteiger partial charge in [-0.25, -0.2) is 11.7 Å². The highest BCUT2D eigenvalue weighted by atomic mass is 16.2. The van der Waals surface area contributed by atoms with Gasteiger partial charge in [0.25, 0.3) is 11.8 Å². The third kappa shape index (κ3) is 5.39. The van der Waals surface area contributed by atoms with Crippen LogP contribution in [0.5, 0.6) is 0 Å². The molecule has 1 aromatic rings. The summed E-state index contributed by atoms with van der Waals surface area (Å²) in [6.45, 7) is 2.25. The predicted molar refractivity (Wildman–Crippen MR) is 67.1 cm³/mol. The van der Waals surface area contributed by atoms with Crippen molar-refractivity contribution in [2.75, 3.05) is 6.61 Å². The summed E-state index contributed by atoms with van der Waals surface area (Å²) in [5.41, 5.74) is 4.53. The molecule has 7 nitrogen and oxygen atoms in total. The first-order chi connectivity index (χ1) is 8.60. The van der Waals surface area contributed by atoms with Crippen LogP contribution < -0.4 is 22.5 Å². The SMILES string of the molecule is CCCO.NNC(=O)c1cccc(C(=O)NN)c1. The van der Waals surface area contributed by atoms with Crippen LogP contribution in [0.4, 0.5) is 0 Å². The monoisotopic (exact) mass is 254 g/mol. The maximum absolute atomic E-state index is 11.1. The van der Waals surface area contributed by atoms with Crippen LogP contribution in [0.2, 0.25) is 0 Å². The van der Waals surface area contributed by atoms with Gasteiger partial charge in [-0.05, 0) is 24.6 Å². The summed E-state index contributed by atoms with van der Waals surface area (Å²) in [4.78, 5) is 22.2. The highest BCUT2D eigenvalue weighted by Crippen LogP contribution is 2.04. The third-order valence-electron chi connectivity index (χ3n) is 1.87. The number of amides is 2. The standard InChI is InChI=1S/C8H10N4O2.C3H8O/c9-11-7(13)5-2-1-3-6(4-5)8(14)12-10;1-2-3-4/h1-4H,9-10H2,(H,11,13)(H,12,14);4H,2-3H2,1H3. The van der Waals surface area contributed by atoms with E-state index in [1.807, 2.05) is 17.8 Å². The van der Waals surface area contributed by atoms with Crippen molar-refractivity contribution in [2.24, 2.45) is 11.7 Å². The van der Waals surface area contributed by atoms with E-state index in [-0.39, 0.29) is 0 Å². The molecular formula is C11H18N4O3. The van der Waals surface area contributed by atoms with Crippen LogP contribution in [0.25, 0.3) is 0 Å². The van der Waals surface area contributed by atoms with Crippen LogP contribution in [0, 0.1) is 0 Å². The minimum absolute atomic E-state index is 0.300. The second-order valence-corrected chi connectivity index (χ2v) is 3.25. The van der Waals surface area contributed by atoms with Gasteiger partial charge in [0, 0.05) is 17.7 Å². The minimum Gasteiger partial charge on any atom is -0.396 e. The summed E-state index contributed by atoms with van der Waals surface area (Å²) >= 11 is 0. The Balaban J connectivity index is 0.000000631. The summed E-state index contributed by atoms with van der Waals surface area (Å²) in [7, 11) is 0. The van der Waals surface area contributed by atoms with Crippen LogP contribution >= 0.6 is 0 Å². The van der Waals surface area contributed by atoms with Crippen molar-refractivity contribution < 1.29 is 14.7 Å². The first-order valence-corrected chi connectivity index (χ1v) is 5.33. The maximum Gasteiger partial charge on any atom is 0.265 e. The molecule has 0 aromatic heterocycles. The molecule has 2 amide bonds. The molecule has 1 aromatic carbocycles. The van der Waals surface area contributed by atoms with E-state index in [0.717, 1.165) is 6.42 Å². The summed E-state index contributed by atoms with van der Waals surface area (Å²) in [5, 5.41) is 7.88. The Morgan fingerprint density at radius 2 is 1.56 bits per heavy atom. The molecule has 0 heterocycles. The number of hydrazine groups is 2. The molecule has 7 N–H and O–H groups in total. The van der Waals surface area contributed by atoms with Crippen molar-refractivity contribution in [3.63, 3.8) is 0 Å². The second-order valence-electron chi connectivity index (χ2n) is 3.25. The Morgan fingerprint density at radius 3 is 1.83 bits per heavy atom. The summed E-state index contributed by atoms with van der Waals surface area (Å²) in [6.07, 6.45) is 0.875. The zero-order chi connectivity index (χ0) is 14.0. The number of rotatable bonds is 3. The molecule has 0 saturated heterocycles. The maximum atomic E-state index is 11.1. The zero-order valence-corrected chi connectivity index (χ0v) is 10.1. The first-order valence-electron chi connectivity index (χ1n) is 5.33. The average Bonchev–Trinajstić information content (AvgIpc) is 2.45. The molecule has 0 aliphatic carbocycles. The summed E-state index contributed by atoms with van der Waals surface area (Å²) < 4.78 is 0. The smallest absolute Gasteiger partial charge is 0.265 e. The fourth-order valence-corrected chi connectivity index (χ4v) is 0.968. The number of benzene rings is 1. The second kappa shape index (κ2) is 9.11. The lowest BCUT2D eigenvalue weighted by atomic mass is 10.1. The van der Waals surface area contributed by atoms with Crippen LogP contribution in [0.3, 0.4) is 0 Å². The number of hydrogen-bond donors (Lipinski definition) is 5. The molecule has 0 atom stereocenters. The quantitative estimate of drug-likeness (QED) is 0.276. The molecule has 0 radical (unpaired) electrons. The number of carbonyl (C=O) groups is 2. The Hall–Kier alpha value is -1.96. The Bertz CT molecular complexity index is 362. The van der Waals surface area contributed by atoms with Crippen molar-refractivity contribution in [3.05, 3.63) is 35.4 Å². The van der Waals surface area contributed by atoms with Crippen molar-refractivity contribution in [2.45, 2.75) is 13.3 Å². The highest BCUT2D eigenvalue weighted by molar-refractivity contribution is 5.99.